The van der Waals surface area contributed by atoms with E-state index < -0.39 is 0 Å². The molecule has 0 aliphatic carbocycles. The number of aromatic nitrogens is 2. The summed E-state index contributed by atoms with van der Waals surface area (Å²) in [4.78, 5) is 23.3. The van der Waals surface area contributed by atoms with Crippen LogP contribution in [0.4, 0.5) is 11.4 Å². The minimum atomic E-state index is -0.188. The van der Waals surface area contributed by atoms with Gasteiger partial charge in [-0.3, -0.25) is 9.78 Å². The molecule has 1 aliphatic rings. The Balaban J connectivity index is 1.42. The standard InChI is InChI=1S/C20H20N4OS/c25-19(18-14-26-20(23-18)15-8-10-21-11-9-15)22-16-4-6-17(7-5-16)24-12-2-1-3-13-24/h4-11,14H,1-3,12-13H2,(H,22,25). The quantitative estimate of drug-likeness (QED) is 0.743. The lowest BCUT2D eigenvalue weighted by Gasteiger charge is -2.28. The van der Waals surface area contributed by atoms with Crippen LogP contribution >= 0.6 is 11.3 Å². The van der Waals surface area contributed by atoms with Crippen LogP contribution in [0.2, 0.25) is 0 Å². The minimum absolute atomic E-state index is 0.188. The summed E-state index contributed by atoms with van der Waals surface area (Å²) < 4.78 is 0. The Kier molecular flexibility index (Phi) is 4.93. The summed E-state index contributed by atoms with van der Waals surface area (Å²) in [5, 5.41) is 5.53. The highest BCUT2D eigenvalue weighted by Gasteiger charge is 2.13. The summed E-state index contributed by atoms with van der Waals surface area (Å²) >= 11 is 1.46. The van der Waals surface area contributed by atoms with Gasteiger partial charge in [0.05, 0.1) is 0 Å². The molecule has 0 bridgehead atoms. The van der Waals surface area contributed by atoms with Crippen molar-refractivity contribution in [2.24, 2.45) is 0 Å². The van der Waals surface area contributed by atoms with E-state index in [4.69, 9.17) is 0 Å². The van der Waals surface area contributed by atoms with Crippen molar-refractivity contribution in [3.05, 3.63) is 59.9 Å². The van der Waals surface area contributed by atoms with E-state index in [1.807, 2.05) is 24.3 Å². The molecule has 26 heavy (non-hydrogen) atoms. The lowest BCUT2D eigenvalue weighted by molar-refractivity contribution is 0.102. The van der Waals surface area contributed by atoms with E-state index in [0.29, 0.717) is 5.69 Å². The molecular formula is C20H20N4OS. The number of anilines is 2. The van der Waals surface area contributed by atoms with Crippen LogP contribution in [-0.4, -0.2) is 29.0 Å². The topological polar surface area (TPSA) is 58.1 Å². The predicted octanol–water partition coefficient (Wildman–Crippen LogP) is 4.45. The SMILES string of the molecule is O=C(Nc1ccc(N2CCCCC2)cc1)c1csc(-c2ccncc2)n1. The maximum Gasteiger partial charge on any atom is 0.275 e. The molecule has 1 saturated heterocycles. The number of hydrogen-bond acceptors (Lipinski definition) is 5. The van der Waals surface area contributed by atoms with Crippen molar-refractivity contribution in [2.75, 3.05) is 23.3 Å². The summed E-state index contributed by atoms with van der Waals surface area (Å²) in [6.07, 6.45) is 7.27. The van der Waals surface area contributed by atoms with Gasteiger partial charge in [0.15, 0.2) is 0 Å². The lowest BCUT2D eigenvalue weighted by atomic mass is 10.1. The lowest BCUT2D eigenvalue weighted by Crippen LogP contribution is -2.29. The van der Waals surface area contributed by atoms with Crippen LogP contribution < -0.4 is 10.2 Å². The van der Waals surface area contributed by atoms with Crippen molar-refractivity contribution >= 4 is 28.6 Å². The molecule has 1 aromatic carbocycles. The number of carbonyl (C=O) groups excluding carboxylic acids is 1. The average Bonchev–Trinajstić information content (AvgIpc) is 3.20. The second-order valence-electron chi connectivity index (χ2n) is 6.32. The zero-order chi connectivity index (χ0) is 17.8. The van der Waals surface area contributed by atoms with Crippen molar-refractivity contribution < 1.29 is 4.79 Å². The number of piperidine rings is 1. The van der Waals surface area contributed by atoms with E-state index in [2.05, 4.69) is 32.3 Å². The third-order valence-corrected chi connectivity index (χ3v) is 5.40. The van der Waals surface area contributed by atoms with Crippen LogP contribution in [0.15, 0.2) is 54.2 Å². The van der Waals surface area contributed by atoms with Gasteiger partial charge < -0.3 is 10.2 Å². The fraction of sp³-hybridized carbons (Fsp3) is 0.250. The van der Waals surface area contributed by atoms with E-state index >= 15 is 0 Å². The van der Waals surface area contributed by atoms with Gasteiger partial charge in [0, 0.05) is 47.8 Å². The highest BCUT2D eigenvalue weighted by Crippen LogP contribution is 2.24. The van der Waals surface area contributed by atoms with Gasteiger partial charge in [-0.2, -0.15) is 0 Å². The Labute approximate surface area is 156 Å². The molecule has 2 aromatic heterocycles. The summed E-state index contributed by atoms with van der Waals surface area (Å²) in [7, 11) is 0. The number of nitrogens with one attached hydrogen (secondary N) is 1. The first-order valence-electron chi connectivity index (χ1n) is 8.82. The highest BCUT2D eigenvalue weighted by atomic mass is 32.1. The number of rotatable bonds is 4. The largest absolute Gasteiger partial charge is 0.372 e. The molecule has 1 aliphatic heterocycles. The van der Waals surface area contributed by atoms with Crippen LogP contribution in [0, 0.1) is 0 Å². The van der Waals surface area contributed by atoms with Crippen LogP contribution in [0.5, 0.6) is 0 Å². The number of benzene rings is 1. The zero-order valence-electron chi connectivity index (χ0n) is 14.4. The maximum absolute atomic E-state index is 12.5. The van der Waals surface area contributed by atoms with Crippen LogP contribution in [-0.2, 0) is 0 Å². The zero-order valence-corrected chi connectivity index (χ0v) is 15.2. The van der Waals surface area contributed by atoms with Crippen LogP contribution in [0.3, 0.4) is 0 Å². The van der Waals surface area contributed by atoms with Gasteiger partial charge in [-0.25, -0.2) is 4.98 Å². The molecule has 3 aromatic rings. The van der Waals surface area contributed by atoms with E-state index in [1.165, 1.54) is 36.3 Å². The molecule has 1 fully saturated rings. The predicted molar refractivity (Wildman–Crippen MR) is 106 cm³/mol. The second-order valence-corrected chi connectivity index (χ2v) is 7.18. The molecule has 0 saturated carbocycles. The molecule has 5 nitrogen and oxygen atoms in total. The van der Waals surface area contributed by atoms with Gasteiger partial charge in [0.25, 0.3) is 5.91 Å². The number of carbonyl (C=O) groups is 1. The van der Waals surface area contributed by atoms with Gasteiger partial charge in [-0.05, 0) is 55.7 Å². The van der Waals surface area contributed by atoms with Crippen molar-refractivity contribution in [1.82, 2.24) is 9.97 Å². The Morgan fingerprint density at radius 1 is 1.00 bits per heavy atom. The fourth-order valence-corrected chi connectivity index (χ4v) is 3.91. The fourth-order valence-electron chi connectivity index (χ4n) is 3.11. The monoisotopic (exact) mass is 364 g/mol. The first-order chi connectivity index (χ1) is 12.8. The third kappa shape index (κ3) is 3.75. The molecule has 3 heterocycles. The second kappa shape index (κ2) is 7.66. The van der Waals surface area contributed by atoms with Crippen LogP contribution in [0.1, 0.15) is 29.8 Å². The normalized spacial score (nSPS) is 14.2. The van der Waals surface area contributed by atoms with Crippen LogP contribution in [0.25, 0.3) is 10.6 Å². The van der Waals surface area contributed by atoms with Crippen molar-refractivity contribution in [3.8, 4) is 10.6 Å². The van der Waals surface area contributed by atoms with Crippen molar-refractivity contribution in [1.29, 1.82) is 0 Å². The molecule has 0 radical (unpaired) electrons. The first-order valence-corrected chi connectivity index (χ1v) is 9.70. The van der Waals surface area contributed by atoms with Gasteiger partial charge in [0.1, 0.15) is 10.7 Å². The van der Waals surface area contributed by atoms with Gasteiger partial charge in [-0.1, -0.05) is 0 Å². The molecular weight excluding hydrogens is 344 g/mol. The minimum Gasteiger partial charge on any atom is -0.372 e. The molecule has 1 amide bonds. The number of hydrogen-bond donors (Lipinski definition) is 1. The van der Waals surface area contributed by atoms with E-state index in [-0.39, 0.29) is 5.91 Å². The molecule has 132 valence electrons. The number of pyridine rings is 1. The highest BCUT2D eigenvalue weighted by molar-refractivity contribution is 7.13. The number of nitrogens with zero attached hydrogens (tertiary/aromatic N) is 3. The summed E-state index contributed by atoms with van der Waals surface area (Å²) in [5.41, 5.74) is 3.41. The Morgan fingerprint density at radius 2 is 1.73 bits per heavy atom. The van der Waals surface area contributed by atoms with Gasteiger partial charge in [0.2, 0.25) is 0 Å². The first kappa shape index (κ1) is 16.7. The Bertz CT molecular complexity index is 870. The summed E-state index contributed by atoms with van der Waals surface area (Å²) in [5.74, 6) is -0.188. The Morgan fingerprint density at radius 3 is 2.46 bits per heavy atom. The summed E-state index contributed by atoms with van der Waals surface area (Å²) in [6.45, 7) is 2.23. The molecule has 6 heteroatoms. The molecule has 0 spiro atoms. The maximum atomic E-state index is 12.5. The van der Waals surface area contributed by atoms with Gasteiger partial charge in [-0.15, -0.1) is 11.3 Å². The molecule has 4 rings (SSSR count). The molecule has 1 N–H and O–H groups in total. The third-order valence-electron chi connectivity index (χ3n) is 4.51. The molecule has 0 unspecified atom stereocenters. The van der Waals surface area contributed by atoms with E-state index in [0.717, 1.165) is 29.3 Å². The number of amides is 1. The average molecular weight is 364 g/mol. The summed E-state index contributed by atoms with van der Waals surface area (Å²) in [6, 6.07) is 11.8. The van der Waals surface area contributed by atoms with Crippen molar-refractivity contribution in [3.63, 3.8) is 0 Å². The molecule has 0 atom stereocenters. The van der Waals surface area contributed by atoms with Gasteiger partial charge >= 0.3 is 0 Å². The Hall–Kier alpha value is -2.73. The smallest absolute Gasteiger partial charge is 0.275 e. The van der Waals surface area contributed by atoms with E-state index in [1.54, 1.807) is 17.8 Å². The van der Waals surface area contributed by atoms with Crippen molar-refractivity contribution in [2.45, 2.75) is 19.3 Å². The number of thiazole rings is 1. The van der Waals surface area contributed by atoms with E-state index in [9.17, 15) is 4.79 Å².